The normalized spacial score (nSPS) is 21.0. The van der Waals surface area contributed by atoms with E-state index in [1.54, 1.807) is 7.11 Å². The van der Waals surface area contributed by atoms with Crippen molar-refractivity contribution in [1.29, 1.82) is 0 Å². The Morgan fingerprint density at radius 3 is 2.81 bits per heavy atom. The van der Waals surface area contributed by atoms with Crippen LogP contribution in [0.4, 0.5) is 4.79 Å². The summed E-state index contributed by atoms with van der Waals surface area (Å²) in [6.07, 6.45) is 4.46. The van der Waals surface area contributed by atoms with Gasteiger partial charge in [-0.3, -0.25) is 0 Å². The Hall–Kier alpha value is -2.41. The molecule has 2 aliphatic rings. The molecular formula is C20H27N5O2. The summed E-state index contributed by atoms with van der Waals surface area (Å²) < 4.78 is 7.39. The number of hydrogen-bond donors (Lipinski definition) is 1. The molecule has 1 saturated heterocycles. The number of fused-ring (bicyclic) bond motifs is 3. The maximum atomic E-state index is 12.9. The fraction of sp³-hybridized carbons (Fsp3) is 0.550. The minimum absolute atomic E-state index is 0.0515. The van der Waals surface area contributed by atoms with E-state index in [4.69, 9.17) is 4.74 Å². The molecule has 1 N–H and O–H groups in total. The van der Waals surface area contributed by atoms with E-state index >= 15 is 0 Å². The number of rotatable bonds is 6. The smallest absolute Gasteiger partial charge is 0.317 e. The Kier molecular flexibility index (Phi) is 5.38. The minimum Gasteiger partial charge on any atom is -0.384 e. The van der Waals surface area contributed by atoms with Gasteiger partial charge in [-0.1, -0.05) is 30.3 Å². The molecule has 1 aromatic carbocycles. The van der Waals surface area contributed by atoms with Crippen molar-refractivity contribution >= 4 is 6.03 Å². The lowest BCUT2D eigenvalue weighted by Gasteiger charge is -2.28. The molecule has 0 spiro atoms. The number of urea groups is 1. The first-order valence-electron chi connectivity index (χ1n) is 9.76. The molecule has 2 atom stereocenters. The van der Waals surface area contributed by atoms with Crippen LogP contribution < -0.4 is 5.32 Å². The number of nitrogens with zero attached hydrogens (tertiary/aromatic N) is 4. The van der Waals surface area contributed by atoms with Gasteiger partial charge < -0.3 is 19.5 Å². The van der Waals surface area contributed by atoms with Gasteiger partial charge in [0.15, 0.2) is 0 Å². The van der Waals surface area contributed by atoms with Crippen LogP contribution in [0, 0.1) is 0 Å². The zero-order valence-corrected chi connectivity index (χ0v) is 15.8. The summed E-state index contributed by atoms with van der Waals surface area (Å²) in [7, 11) is 1.70. The van der Waals surface area contributed by atoms with Crippen molar-refractivity contribution in [2.75, 3.05) is 20.3 Å². The van der Waals surface area contributed by atoms with Crippen molar-refractivity contribution in [3.63, 3.8) is 0 Å². The van der Waals surface area contributed by atoms with Crippen molar-refractivity contribution in [2.45, 2.75) is 50.7 Å². The van der Waals surface area contributed by atoms with Gasteiger partial charge in [0.25, 0.3) is 0 Å². The third-order valence-corrected chi connectivity index (χ3v) is 5.63. The number of carbonyl (C=O) groups excluding carboxylic acids is 1. The van der Waals surface area contributed by atoms with Crippen LogP contribution in [0.25, 0.3) is 0 Å². The number of aromatic nitrogens is 3. The summed E-state index contributed by atoms with van der Waals surface area (Å²) in [6, 6.07) is 10.7. The average Bonchev–Trinajstić information content (AvgIpc) is 3.20. The summed E-state index contributed by atoms with van der Waals surface area (Å²) >= 11 is 0. The fourth-order valence-corrected chi connectivity index (χ4v) is 4.26. The predicted octanol–water partition coefficient (Wildman–Crippen LogP) is 1.81. The van der Waals surface area contributed by atoms with Crippen molar-refractivity contribution in [3.05, 3.63) is 47.5 Å². The lowest BCUT2D eigenvalue weighted by atomic mass is 10.1. The average molecular weight is 369 g/mol. The molecule has 4 rings (SSSR count). The van der Waals surface area contributed by atoms with Crippen molar-refractivity contribution in [3.8, 4) is 0 Å². The Balaban J connectivity index is 1.39. The van der Waals surface area contributed by atoms with Crippen LogP contribution in [0.2, 0.25) is 0 Å². The molecule has 2 aromatic rings. The van der Waals surface area contributed by atoms with Gasteiger partial charge in [0.05, 0.1) is 12.6 Å². The largest absolute Gasteiger partial charge is 0.384 e. The summed E-state index contributed by atoms with van der Waals surface area (Å²) in [5, 5.41) is 11.8. The van der Waals surface area contributed by atoms with Crippen molar-refractivity contribution in [1.82, 2.24) is 25.0 Å². The molecule has 0 saturated carbocycles. The van der Waals surface area contributed by atoms with E-state index in [1.165, 1.54) is 5.56 Å². The topological polar surface area (TPSA) is 72.3 Å². The first-order valence-corrected chi connectivity index (χ1v) is 9.76. The number of methoxy groups -OCH3 is 1. The molecule has 2 aliphatic heterocycles. The van der Waals surface area contributed by atoms with Gasteiger partial charge in [-0.25, -0.2) is 4.79 Å². The molecule has 7 heteroatoms. The van der Waals surface area contributed by atoms with Crippen LogP contribution in [-0.2, 0) is 30.5 Å². The monoisotopic (exact) mass is 369 g/mol. The van der Waals surface area contributed by atoms with E-state index < -0.39 is 0 Å². The molecule has 2 bridgehead atoms. The number of hydrogen-bond acceptors (Lipinski definition) is 4. The van der Waals surface area contributed by atoms with Gasteiger partial charge in [-0.05, 0) is 24.8 Å². The quantitative estimate of drug-likeness (QED) is 0.843. The third-order valence-electron chi connectivity index (χ3n) is 5.63. The summed E-state index contributed by atoms with van der Waals surface area (Å²) in [5.41, 5.74) is 1.24. The fourth-order valence-electron chi connectivity index (χ4n) is 4.26. The number of ether oxygens (including phenoxy) is 1. The molecule has 2 unspecified atom stereocenters. The van der Waals surface area contributed by atoms with E-state index in [0.29, 0.717) is 13.2 Å². The van der Waals surface area contributed by atoms with E-state index in [9.17, 15) is 4.79 Å². The second-order valence-electron chi connectivity index (χ2n) is 7.35. The number of carbonyl (C=O) groups is 1. The third kappa shape index (κ3) is 3.83. The zero-order valence-electron chi connectivity index (χ0n) is 15.8. The summed E-state index contributed by atoms with van der Waals surface area (Å²) in [5.74, 6) is 1.96. The SMILES string of the molecule is COCCc1nnc2n1CC1CCC(C2)N1C(=O)NCCc1ccccc1. The molecule has 1 aromatic heterocycles. The Labute approximate surface area is 159 Å². The van der Waals surface area contributed by atoms with Crippen molar-refractivity contribution in [2.24, 2.45) is 0 Å². The van der Waals surface area contributed by atoms with E-state index in [0.717, 1.165) is 50.3 Å². The van der Waals surface area contributed by atoms with Crippen LogP contribution in [0.3, 0.4) is 0 Å². The van der Waals surface area contributed by atoms with Crippen LogP contribution in [0.5, 0.6) is 0 Å². The van der Waals surface area contributed by atoms with E-state index in [1.807, 2.05) is 18.2 Å². The van der Waals surface area contributed by atoms with Gasteiger partial charge in [0.2, 0.25) is 0 Å². The van der Waals surface area contributed by atoms with E-state index in [-0.39, 0.29) is 18.1 Å². The molecule has 7 nitrogen and oxygen atoms in total. The highest BCUT2D eigenvalue weighted by Gasteiger charge is 2.40. The highest BCUT2D eigenvalue weighted by atomic mass is 16.5. The van der Waals surface area contributed by atoms with Gasteiger partial charge in [-0.15, -0.1) is 10.2 Å². The van der Waals surface area contributed by atoms with Crippen LogP contribution >= 0.6 is 0 Å². The first kappa shape index (κ1) is 18.0. The molecule has 2 amide bonds. The lowest BCUT2D eigenvalue weighted by molar-refractivity contribution is 0.170. The zero-order chi connectivity index (χ0) is 18.6. The van der Waals surface area contributed by atoms with Gasteiger partial charge in [0.1, 0.15) is 11.6 Å². The summed E-state index contributed by atoms with van der Waals surface area (Å²) in [4.78, 5) is 14.9. The standard InChI is InChI=1S/C20H27N5O2/c1-27-12-10-18-22-23-19-13-16-7-8-17(14-24(18)19)25(16)20(26)21-11-9-15-5-3-2-4-6-15/h2-6,16-17H,7-14H2,1H3,(H,21,26). The Morgan fingerprint density at radius 2 is 2.00 bits per heavy atom. The highest BCUT2D eigenvalue weighted by Crippen LogP contribution is 2.31. The number of amides is 2. The highest BCUT2D eigenvalue weighted by molar-refractivity contribution is 5.75. The molecule has 3 heterocycles. The minimum atomic E-state index is 0.0515. The molecular weight excluding hydrogens is 342 g/mol. The Bertz CT molecular complexity index is 776. The molecule has 27 heavy (non-hydrogen) atoms. The van der Waals surface area contributed by atoms with Gasteiger partial charge in [0, 0.05) is 39.1 Å². The number of benzene rings is 1. The maximum absolute atomic E-state index is 12.9. The molecule has 144 valence electrons. The van der Waals surface area contributed by atoms with Crippen LogP contribution in [-0.4, -0.2) is 58.0 Å². The first-order chi connectivity index (χ1) is 13.3. The van der Waals surface area contributed by atoms with Crippen LogP contribution in [0.1, 0.15) is 30.1 Å². The second-order valence-corrected chi connectivity index (χ2v) is 7.35. The summed E-state index contributed by atoms with van der Waals surface area (Å²) in [6.45, 7) is 2.07. The second kappa shape index (κ2) is 8.08. The van der Waals surface area contributed by atoms with E-state index in [2.05, 4.69) is 37.1 Å². The Morgan fingerprint density at radius 1 is 1.19 bits per heavy atom. The maximum Gasteiger partial charge on any atom is 0.317 e. The van der Waals surface area contributed by atoms with Crippen molar-refractivity contribution < 1.29 is 9.53 Å². The molecule has 0 aliphatic carbocycles. The lowest BCUT2D eigenvalue weighted by Crippen LogP contribution is -2.48. The molecule has 1 fully saturated rings. The van der Waals surface area contributed by atoms with Crippen LogP contribution in [0.15, 0.2) is 30.3 Å². The van der Waals surface area contributed by atoms with Gasteiger partial charge >= 0.3 is 6.03 Å². The number of nitrogens with one attached hydrogen (secondary N) is 1. The van der Waals surface area contributed by atoms with Gasteiger partial charge in [-0.2, -0.15) is 0 Å². The predicted molar refractivity (Wildman–Crippen MR) is 101 cm³/mol. The molecule has 0 radical (unpaired) electrons.